The average Bonchev–Trinajstić information content (AvgIpc) is 1.97. The lowest BCUT2D eigenvalue weighted by molar-refractivity contribution is 0.00686. The van der Waals surface area contributed by atoms with Crippen molar-refractivity contribution in [2.45, 2.75) is 40.3 Å². The van der Waals surface area contributed by atoms with Crippen molar-refractivity contribution in [2.24, 2.45) is 11.8 Å². The lowest BCUT2D eigenvalue weighted by Gasteiger charge is -2.20. The van der Waals surface area contributed by atoms with Crippen LogP contribution in [0.2, 0.25) is 0 Å². The van der Waals surface area contributed by atoms with Gasteiger partial charge < -0.3 is 4.74 Å². The van der Waals surface area contributed by atoms with Crippen LogP contribution in [0.4, 0.5) is 0 Å². The number of nitrogens with one attached hydrogen (secondary N) is 1. The van der Waals surface area contributed by atoms with Crippen LogP contribution in [0.1, 0.15) is 34.1 Å². The molecule has 12 heavy (non-hydrogen) atoms. The van der Waals surface area contributed by atoms with E-state index in [4.69, 9.17) is 4.74 Å². The zero-order valence-corrected chi connectivity index (χ0v) is 9.05. The summed E-state index contributed by atoms with van der Waals surface area (Å²) in [6.45, 7) is 9.61. The predicted octanol–water partition coefficient (Wildman–Crippen LogP) is 2.25. The second kappa shape index (κ2) is 6.44. The molecule has 0 rings (SSSR count). The Labute approximate surface area is 76.7 Å². The number of rotatable bonds is 6. The van der Waals surface area contributed by atoms with E-state index < -0.39 is 0 Å². The van der Waals surface area contributed by atoms with E-state index in [2.05, 4.69) is 33.0 Å². The molecule has 74 valence electrons. The average molecular weight is 173 g/mol. The highest BCUT2D eigenvalue weighted by atomic mass is 16.5. The molecule has 0 saturated heterocycles. The molecule has 1 atom stereocenters. The molecule has 0 bridgehead atoms. The van der Waals surface area contributed by atoms with Gasteiger partial charge in [0.25, 0.3) is 0 Å². The van der Waals surface area contributed by atoms with Gasteiger partial charge in [0.1, 0.15) is 6.23 Å². The molecule has 0 fully saturated rings. The van der Waals surface area contributed by atoms with Crippen LogP contribution in [0.15, 0.2) is 0 Å². The molecule has 0 radical (unpaired) electrons. The van der Waals surface area contributed by atoms with Gasteiger partial charge in [-0.05, 0) is 25.3 Å². The third-order valence-corrected chi connectivity index (χ3v) is 1.64. The molecule has 0 aliphatic rings. The normalized spacial score (nSPS) is 14.2. The largest absolute Gasteiger partial charge is 0.363 e. The molecule has 0 aliphatic heterocycles. The van der Waals surface area contributed by atoms with Crippen LogP contribution >= 0.6 is 0 Å². The van der Waals surface area contributed by atoms with Gasteiger partial charge in [-0.2, -0.15) is 0 Å². The van der Waals surface area contributed by atoms with Gasteiger partial charge in [-0.3, -0.25) is 5.32 Å². The molecule has 2 heteroatoms. The van der Waals surface area contributed by atoms with E-state index in [9.17, 15) is 0 Å². The molecule has 0 amide bonds. The lowest BCUT2D eigenvalue weighted by Crippen LogP contribution is -2.31. The van der Waals surface area contributed by atoms with Crippen LogP contribution in [-0.4, -0.2) is 19.9 Å². The maximum atomic E-state index is 5.65. The Morgan fingerprint density at radius 2 is 1.67 bits per heavy atom. The molecule has 0 saturated carbocycles. The molecule has 0 aromatic rings. The molecule has 0 heterocycles. The van der Waals surface area contributed by atoms with Crippen LogP contribution in [0.5, 0.6) is 0 Å². The van der Waals surface area contributed by atoms with E-state index in [1.165, 1.54) is 0 Å². The van der Waals surface area contributed by atoms with E-state index >= 15 is 0 Å². The second-order valence-corrected chi connectivity index (χ2v) is 4.13. The van der Waals surface area contributed by atoms with Gasteiger partial charge in [-0.1, -0.05) is 27.7 Å². The molecule has 2 nitrogen and oxygen atoms in total. The fourth-order valence-electron chi connectivity index (χ4n) is 1.01. The summed E-state index contributed by atoms with van der Waals surface area (Å²) in [6.07, 6.45) is 1.32. The first-order valence-corrected chi connectivity index (χ1v) is 4.85. The summed E-state index contributed by atoms with van der Waals surface area (Å²) < 4.78 is 5.65. The summed E-state index contributed by atoms with van der Waals surface area (Å²) in [5.41, 5.74) is 0. The predicted molar refractivity (Wildman–Crippen MR) is 53.1 cm³/mol. The summed E-state index contributed by atoms with van der Waals surface area (Å²) in [7, 11) is 1.95. The van der Waals surface area contributed by atoms with Crippen molar-refractivity contribution in [3.63, 3.8) is 0 Å². The SMILES string of the molecule is CNC(CC(C)C)OCC(C)C. The van der Waals surface area contributed by atoms with Crippen LogP contribution in [0.3, 0.4) is 0 Å². The zero-order valence-electron chi connectivity index (χ0n) is 9.05. The first-order chi connectivity index (χ1) is 5.56. The highest BCUT2D eigenvalue weighted by Crippen LogP contribution is 2.06. The fourth-order valence-corrected chi connectivity index (χ4v) is 1.01. The summed E-state index contributed by atoms with van der Waals surface area (Å²) in [5, 5.41) is 3.17. The van der Waals surface area contributed by atoms with E-state index in [1.807, 2.05) is 7.05 Å². The monoisotopic (exact) mass is 173 g/mol. The highest BCUT2D eigenvalue weighted by molar-refractivity contribution is 4.56. The molecular formula is C10H23NO. The van der Waals surface area contributed by atoms with Crippen molar-refractivity contribution >= 4 is 0 Å². The van der Waals surface area contributed by atoms with Crippen molar-refractivity contribution in [3.05, 3.63) is 0 Å². The van der Waals surface area contributed by atoms with Crippen molar-refractivity contribution in [3.8, 4) is 0 Å². The van der Waals surface area contributed by atoms with E-state index in [0.717, 1.165) is 13.0 Å². The molecule has 0 aromatic carbocycles. The molecular weight excluding hydrogens is 150 g/mol. The summed E-state index contributed by atoms with van der Waals surface area (Å²) in [5.74, 6) is 1.31. The highest BCUT2D eigenvalue weighted by Gasteiger charge is 2.08. The maximum Gasteiger partial charge on any atom is 0.108 e. The lowest BCUT2D eigenvalue weighted by atomic mass is 10.1. The zero-order chi connectivity index (χ0) is 9.56. The summed E-state index contributed by atoms with van der Waals surface area (Å²) >= 11 is 0. The first kappa shape index (κ1) is 11.9. The molecule has 0 aliphatic carbocycles. The van der Waals surface area contributed by atoms with Gasteiger partial charge in [0.2, 0.25) is 0 Å². The Balaban J connectivity index is 3.53. The number of hydrogen-bond acceptors (Lipinski definition) is 2. The Bertz CT molecular complexity index is 102. The van der Waals surface area contributed by atoms with Crippen LogP contribution in [0, 0.1) is 11.8 Å². The maximum absolute atomic E-state index is 5.65. The quantitative estimate of drug-likeness (QED) is 0.622. The summed E-state index contributed by atoms with van der Waals surface area (Å²) in [6, 6.07) is 0. The molecule has 1 N–H and O–H groups in total. The van der Waals surface area contributed by atoms with E-state index in [1.54, 1.807) is 0 Å². The van der Waals surface area contributed by atoms with Crippen molar-refractivity contribution in [2.75, 3.05) is 13.7 Å². The second-order valence-electron chi connectivity index (χ2n) is 4.13. The smallest absolute Gasteiger partial charge is 0.108 e. The van der Waals surface area contributed by atoms with Crippen LogP contribution in [-0.2, 0) is 4.74 Å². The number of ether oxygens (including phenoxy) is 1. The van der Waals surface area contributed by atoms with Gasteiger partial charge in [0, 0.05) is 0 Å². The Kier molecular flexibility index (Phi) is 6.39. The Morgan fingerprint density at radius 3 is 2.00 bits per heavy atom. The fraction of sp³-hybridized carbons (Fsp3) is 1.00. The molecule has 0 aromatic heterocycles. The van der Waals surface area contributed by atoms with Gasteiger partial charge in [0.05, 0.1) is 6.61 Å². The van der Waals surface area contributed by atoms with Crippen molar-refractivity contribution in [1.82, 2.24) is 5.32 Å². The molecule has 0 spiro atoms. The van der Waals surface area contributed by atoms with Crippen LogP contribution in [0.25, 0.3) is 0 Å². The van der Waals surface area contributed by atoms with E-state index in [-0.39, 0.29) is 6.23 Å². The van der Waals surface area contributed by atoms with Crippen molar-refractivity contribution < 1.29 is 4.74 Å². The molecule has 1 unspecified atom stereocenters. The topological polar surface area (TPSA) is 21.3 Å². The van der Waals surface area contributed by atoms with Gasteiger partial charge >= 0.3 is 0 Å². The minimum atomic E-state index is 0.229. The standard InChI is InChI=1S/C10H23NO/c1-8(2)6-10(11-5)12-7-9(3)4/h8-11H,6-7H2,1-5H3. The summed E-state index contributed by atoms with van der Waals surface area (Å²) in [4.78, 5) is 0. The van der Waals surface area contributed by atoms with Crippen LogP contribution < -0.4 is 5.32 Å². The van der Waals surface area contributed by atoms with Gasteiger partial charge in [0.15, 0.2) is 0 Å². The van der Waals surface area contributed by atoms with Crippen molar-refractivity contribution in [1.29, 1.82) is 0 Å². The first-order valence-electron chi connectivity index (χ1n) is 4.85. The minimum Gasteiger partial charge on any atom is -0.363 e. The Hall–Kier alpha value is -0.0800. The van der Waals surface area contributed by atoms with E-state index in [0.29, 0.717) is 11.8 Å². The minimum absolute atomic E-state index is 0.229. The van der Waals surface area contributed by atoms with Gasteiger partial charge in [-0.25, -0.2) is 0 Å². The third kappa shape index (κ3) is 6.62. The third-order valence-electron chi connectivity index (χ3n) is 1.64. The Morgan fingerprint density at radius 1 is 1.08 bits per heavy atom. The van der Waals surface area contributed by atoms with Gasteiger partial charge in [-0.15, -0.1) is 0 Å². The number of hydrogen-bond donors (Lipinski definition) is 1.